The minimum absolute atomic E-state index is 0.0485. The third kappa shape index (κ3) is 4.22. The molecule has 0 bridgehead atoms. The molecule has 0 saturated carbocycles. The van der Waals surface area contributed by atoms with Crippen LogP contribution < -0.4 is 10.4 Å². The van der Waals surface area contributed by atoms with Crippen LogP contribution in [-0.4, -0.2) is 0 Å². The minimum Gasteiger partial charge on any atom is -0.298 e. The van der Waals surface area contributed by atoms with E-state index < -0.39 is 0 Å². The second-order valence-corrected chi connectivity index (χ2v) is 7.33. The zero-order chi connectivity index (χ0) is 19.5. The lowest BCUT2D eigenvalue weighted by Crippen LogP contribution is -2.34. The van der Waals surface area contributed by atoms with Crippen molar-refractivity contribution in [1.29, 1.82) is 0 Å². The van der Waals surface area contributed by atoms with Gasteiger partial charge in [0.25, 0.3) is 0 Å². The molecule has 1 aliphatic rings. The van der Waals surface area contributed by atoms with Gasteiger partial charge >= 0.3 is 0 Å². The summed E-state index contributed by atoms with van der Waals surface area (Å²) in [6, 6.07) is 21.7. The second-order valence-electron chi connectivity index (χ2n) is 6.46. The summed E-state index contributed by atoms with van der Waals surface area (Å²) in [6.07, 6.45) is 6.15. The number of rotatable bonds is 4. The molecule has 3 aromatic rings. The first-order valence-electron chi connectivity index (χ1n) is 8.81. The van der Waals surface area contributed by atoms with E-state index in [1.165, 1.54) is 12.1 Å². The van der Waals surface area contributed by atoms with Crippen molar-refractivity contribution < 1.29 is 4.39 Å². The topological polar surface area (TPSA) is 15.3 Å². The van der Waals surface area contributed by atoms with E-state index in [-0.39, 0.29) is 11.9 Å². The fraction of sp³-hybridized carbons (Fsp3) is 0.0435. The molecule has 1 N–H and O–H groups in total. The molecule has 1 aliphatic heterocycles. The van der Waals surface area contributed by atoms with Crippen molar-refractivity contribution in [3.63, 3.8) is 0 Å². The number of benzene rings is 3. The molecule has 4 rings (SSSR count). The standard InChI is InChI=1S/C23H17Cl2FN2/c24-18-6-1-16(2-7-18)3-12-21-15-23(17-4-8-19(25)9-5-17)28(27-21)22-13-10-20(26)11-14-22/h1-15,23,27H/b12-3+/t23-/m1/s1. The third-order valence-corrected chi connectivity index (χ3v) is 5.01. The summed E-state index contributed by atoms with van der Waals surface area (Å²) in [6.45, 7) is 0. The molecule has 2 nitrogen and oxygen atoms in total. The SMILES string of the molecule is Fc1ccc(N2NC(/C=C/c3ccc(Cl)cc3)=C[C@@H]2c2ccc(Cl)cc2)cc1. The average molecular weight is 411 g/mol. The Morgan fingerprint density at radius 3 is 2.04 bits per heavy atom. The molecule has 1 heterocycles. The molecule has 0 amide bonds. The first-order valence-corrected chi connectivity index (χ1v) is 9.56. The van der Waals surface area contributed by atoms with Gasteiger partial charge in [0.2, 0.25) is 0 Å². The summed E-state index contributed by atoms with van der Waals surface area (Å²) in [5.41, 5.74) is 7.34. The van der Waals surface area contributed by atoms with Crippen LogP contribution in [-0.2, 0) is 0 Å². The van der Waals surface area contributed by atoms with Crippen molar-refractivity contribution in [3.8, 4) is 0 Å². The normalized spacial score (nSPS) is 16.3. The van der Waals surface area contributed by atoms with Gasteiger partial charge in [-0.3, -0.25) is 10.4 Å². The van der Waals surface area contributed by atoms with Crippen molar-refractivity contribution in [1.82, 2.24) is 5.43 Å². The average Bonchev–Trinajstić information content (AvgIpc) is 3.13. The van der Waals surface area contributed by atoms with Gasteiger partial charge in [0, 0.05) is 10.0 Å². The highest BCUT2D eigenvalue weighted by molar-refractivity contribution is 6.30. The van der Waals surface area contributed by atoms with Crippen molar-refractivity contribution in [2.24, 2.45) is 0 Å². The van der Waals surface area contributed by atoms with Gasteiger partial charge in [-0.15, -0.1) is 0 Å². The van der Waals surface area contributed by atoms with Gasteiger partial charge in [-0.2, -0.15) is 0 Å². The molecule has 0 fully saturated rings. The van der Waals surface area contributed by atoms with E-state index >= 15 is 0 Å². The molecule has 28 heavy (non-hydrogen) atoms. The van der Waals surface area contributed by atoms with Crippen LogP contribution in [0.3, 0.4) is 0 Å². The predicted octanol–water partition coefficient (Wildman–Crippen LogP) is 6.80. The molecule has 0 radical (unpaired) electrons. The molecule has 0 aliphatic carbocycles. The van der Waals surface area contributed by atoms with Crippen LogP contribution >= 0.6 is 23.2 Å². The summed E-state index contributed by atoms with van der Waals surface area (Å²) >= 11 is 12.0. The second kappa shape index (κ2) is 8.09. The smallest absolute Gasteiger partial charge is 0.123 e. The summed E-state index contributed by atoms with van der Waals surface area (Å²) in [4.78, 5) is 0. The van der Waals surface area contributed by atoms with E-state index in [4.69, 9.17) is 23.2 Å². The molecule has 0 saturated heterocycles. The lowest BCUT2D eigenvalue weighted by molar-refractivity contribution is 0.626. The fourth-order valence-corrected chi connectivity index (χ4v) is 3.33. The first kappa shape index (κ1) is 18.6. The minimum atomic E-state index is -0.262. The number of hydrogen-bond acceptors (Lipinski definition) is 2. The first-order chi connectivity index (χ1) is 13.6. The maximum Gasteiger partial charge on any atom is 0.123 e. The quantitative estimate of drug-likeness (QED) is 0.508. The molecule has 0 aromatic heterocycles. The molecule has 3 aromatic carbocycles. The lowest BCUT2D eigenvalue weighted by atomic mass is 10.1. The molecule has 0 unspecified atom stereocenters. The Hall–Kier alpha value is -2.75. The van der Waals surface area contributed by atoms with Crippen molar-refractivity contribution in [2.45, 2.75) is 6.04 Å². The Kier molecular flexibility index (Phi) is 5.38. The van der Waals surface area contributed by atoms with Crippen LogP contribution in [0.15, 0.2) is 90.6 Å². The van der Waals surface area contributed by atoms with Crippen LogP contribution in [0.1, 0.15) is 17.2 Å². The van der Waals surface area contributed by atoms with Gasteiger partial charge in [-0.05, 0) is 71.8 Å². The molecular weight excluding hydrogens is 394 g/mol. The Balaban J connectivity index is 1.64. The number of anilines is 1. The van der Waals surface area contributed by atoms with Gasteiger partial charge in [0.15, 0.2) is 0 Å². The van der Waals surface area contributed by atoms with E-state index in [9.17, 15) is 4.39 Å². The zero-order valence-electron chi connectivity index (χ0n) is 14.8. The Labute approximate surface area is 173 Å². The van der Waals surface area contributed by atoms with Gasteiger partial charge < -0.3 is 0 Å². The summed E-state index contributed by atoms with van der Waals surface area (Å²) in [5.74, 6) is -0.262. The lowest BCUT2D eigenvalue weighted by Gasteiger charge is -2.27. The highest BCUT2D eigenvalue weighted by Gasteiger charge is 2.25. The zero-order valence-corrected chi connectivity index (χ0v) is 16.3. The van der Waals surface area contributed by atoms with Gasteiger partial charge in [-0.25, -0.2) is 4.39 Å². The number of nitrogens with one attached hydrogen (secondary N) is 1. The Morgan fingerprint density at radius 1 is 0.786 bits per heavy atom. The predicted molar refractivity (Wildman–Crippen MR) is 115 cm³/mol. The van der Waals surface area contributed by atoms with Crippen LogP contribution in [0.25, 0.3) is 6.08 Å². The number of nitrogens with zero attached hydrogens (tertiary/aromatic N) is 1. The molecule has 140 valence electrons. The number of hydrazine groups is 1. The molecule has 1 atom stereocenters. The Bertz CT molecular complexity index is 1010. The van der Waals surface area contributed by atoms with Crippen molar-refractivity contribution in [2.75, 3.05) is 5.01 Å². The molecule has 0 spiro atoms. The van der Waals surface area contributed by atoms with E-state index in [0.29, 0.717) is 10.0 Å². The van der Waals surface area contributed by atoms with Crippen LogP contribution in [0.5, 0.6) is 0 Å². The highest BCUT2D eigenvalue weighted by atomic mass is 35.5. The molecule has 5 heteroatoms. The highest BCUT2D eigenvalue weighted by Crippen LogP contribution is 2.33. The van der Waals surface area contributed by atoms with Crippen molar-refractivity contribution in [3.05, 3.63) is 118 Å². The van der Waals surface area contributed by atoms with Gasteiger partial charge in [0.05, 0.1) is 17.4 Å². The summed E-state index contributed by atoms with van der Waals surface area (Å²) < 4.78 is 13.4. The van der Waals surface area contributed by atoms with Crippen LogP contribution in [0, 0.1) is 5.82 Å². The third-order valence-electron chi connectivity index (χ3n) is 4.51. The van der Waals surface area contributed by atoms with Gasteiger partial charge in [0.1, 0.15) is 5.82 Å². The van der Waals surface area contributed by atoms with Crippen molar-refractivity contribution >= 4 is 35.0 Å². The van der Waals surface area contributed by atoms with Crippen LogP contribution in [0.4, 0.5) is 10.1 Å². The number of halogens is 3. The van der Waals surface area contributed by atoms with Crippen LogP contribution in [0.2, 0.25) is 10.0 Å². The summed E-state index contributed by atoms with van der Waals surface area (Å²) in [5, 5.41) is 3.40. The summed E-state index contributed by atoms with van der Waals surface area (Å²) in [7, 11) is 0. The maximum absolute atomic E-state index is 13.4. The number of allylic oxidation sites excluding steroid dienone is 1. The largest absolute Gasteiger partial charge is 0.298 e. The van der Waals surface area contributed by atoms with E-state index in [1.807, 2.05) is 65.7 Å². The fourth-order valence-electron chi connectivity index (χ4n) is 3.08. The van der Waals surface area contributed by atoms with E-state index in [0.717, 1.165) is 22.5 Å². The van der Waals surface area contributed by atoms with E-state index in [1.54, 1.807) is 12.1 Å². The van der Waals surface area contributed by atoms with Gasteiger partial charge in [-0.1, -0.05) is 53.5 Å². The number of hydrogen-bond donors (Lipinski definition) is 1. The monoisotopic (exact) mass is 410 g/mol. The maximum atomic E-state index is 13.4. The molecular formula is C23H17Cl2FN2. The van der Waals surface area contributed by atoms with E-state index in [2.05, 4.69) is 11.5 Å². The Morgan fingerprint density at radius 2 is 1.39 bits per heavy atom.